The lowest BCUT2D eigenvalue weighted by atomic mass is 10.1. The van der Waals surface area contributed by atoms with E-state index in [0.717, 1.165) is 5.56 Å². The number of hydrogen-bond acceptors (Lipinski definition) is 5. The molecule has 2 rings (SSSR count). The summed E-state index contributed by atoms with van der Waals surface area (Å²) in [5.74, 6) is -0.196. The van der Waals surface area contributed by atoms with Crippen LogP contribution in [0.15, 0.2) is 42.5 Å². The summed E-state index contributed by atoms with van der Waals surface area (Å²) < 4.78 is 16.9. The van der Waals surface area contributed by atoms with Gasteiger partial charge in [-0.1, -0.05) is 56.0 Å². The van der Waals surface area contributed by atoms with Crippen LogP contribution >= 0.6 is 0 Å². The molecule has 3 atom stereocenters. The monoisotopic (exact) mass is 447 g/mol. The van der Waals surface area contributed by atoms with Crippen LogP contribution in [0.4, 0.5) is 4.79 Å². The third kappa shape index (κ3) is 7.50. The predicted octanol–water partition coefficient (Wildman–Crippen LogP) is 5.54. The van der Waals surface area contributed by atoms with Crippen LogP contribution in [0.5, 0.6) is 0 Å². The molecule has 0 radical (unpaired) electrons. The molecule has 0 bridgehead atoms. The lowest BCUT2D eigenvalue weighted by Gasteiger charge is -2.31. The van der Waals surface area contributed by atoms with Crippen molar-refractivity contribution in [2.45, 2.75) is 77.2 Å². The maximum Gasteiger partial charge on any atom is 0.413 e. The Morgan fingerprint density at radius 2 is 1.87 bits per heavy atom. The fourth-order valence-electron chi connectivity index (χ4n) is 3.45. The molecule has 1 fully saturated rings. The third-order valence-corrected chi connectivity index (χ3v) is 7.76. The minimum absolute atomic E-state index is 0.0754. The van der Waals surface area contributed by atoms with Gasteiger partial charge in [0.05, 0.1) is 27.3 Å². The van der Waals surface area contributed by atoms with Crippen LogP contribution in [0.1, 0.15) is 45.7 Å². The first-order valence-corrected chi connectivity index (χ1v) is 14.5. The van der Waals surface area contributed by atoms with Crippen LogP contribution < -0.4 is 0 Å². The summed E-state index contributed by atoms with van der Waals surface area (Å²) >= 11 is 0. The Labute approximate surface area is 187 Å². The van der Waals surface area contributed by atoms with Crippen molar-refractivity contribution in [1.82, 2.24) is 4.90 Å². The van der Waals surface area contributed by atoms with Crippen molar-refractivity contribution in [1.29, 1.82) is 0 Å². The predicted molar refractivity (Wildman–Crippen MR) is 124 cm³/mol. The Bertz CT molecular complexity index is 766. The van der Waals surface area contributed by atoms with E-state index in [9.17, 15) is 9.59 Å². The molecule has 1 aliphatic rings. The molecule has 172 valence electrons. The van der Waals surface area contributed by atoms with Gasteiger partial charge in [0, 0.05) is 6.42 Å². The summed E-state index contributed by atoms with van der Waals surface area (Å²) in [6, 6.07) is 9.59. The smallest absolute Gasteiger partial charge is 0.413 e. The molecule has 1 saturated heterocycles. The molecule has 0 spiro atoms. The molecule has 1 aliphatic heterocycles. The first-order valence-electron chi connectivity index (χ1n) is 10.9. The Morgan fingerprint density at radius 3 is 2.42 bits per heavy atom. The molecular formula is C24H37NO5Si. The maximum atomic E-state index is 13.1. The van der Waals surface area contributed by atoms with Crippen molar-refractivity contribution in [3.8, 4) is 0 Å². The number of esters is 1. The number of carbonyl (C=O) groups excluding carboxylic acids is 2. The fraction of sp³-hybridized carbons (Fsp3) is 0.583. The van der Waals surface area contributed by atoms with Gasteiger partial charge in [-0.2, -0.15) is 0 Å². The van der Waals surface area contributed by atoms with Crippen LogP contribution in [-0.4, -0.2) is 50.1 Å². The summed E-state index contributed by atoms with van der Waals surface area (Å²) in [7, 11) is -1.70. The quantitative estimate of drug-likeness (QED) is 0.312. The second-order valence-corrected chi connectivity index (χ2v) is 15.4. The molecule has 6 nitrogen and oxygen atoms in total. The largest absolute Gasteiger partial charge is 0.466 e. The van der Waals surface area contributed by atoms with Gasteiger partial charge in [0.25, 0.3) is 0 Å². The molecule has 1 aromatic carbocycles. The average molecular weight is 448 g/mol. The highest BCUT2D eigenvalue weighted by Crippen LogP contribution is 2.34. The van der Waals surface area contributed by atoms with Crippen molar-refractivity contribution in [3.05, 3.63) is 48.0 Å². The zero-order valence-corrected chi connectivity index (χ0v) is 20.9. The second-order valence-electron chi connectivity index (χ2n) is 9.90. The van der Waals surface area contributed by atoms with E-state index in [1.165, 1.54) is 0 Å². The second kappa shape index (κ2) is 10.5. The zero-order chi connectivity index (χ0) is 23.2. The Kier molecular flexibility index (Phi) is 8.48. The van der Waals surface area contributed by atoms with Gasteiger partial charge in [-0.05, 0) is 44.9 Å². The third-order valence-electron chi connectivity index (χ3n) is 5.14. The number of benzene rings is 1. The standard InChI is InChI=1S/C24H37NO5Si/c1-8-28-22(26)16-19(31(5,6)7)14-15-21-25(23(27)30-24(2,3)4)20(17-29-21)18-12-10-9-11-13-18/h9-15,19-21H,8,16-17H2,1-7H3/b15-14+/t19-,20-,21+/m0/s1. The number of rotatable bonds is 7. The van der Waals surface area contributed by atoms with Gasteiger partial charge in [0.1, 0.15) is 5.60 Å². The van der Waals surface area contributed by atoms with Crippen LogP contribution in [0, 0.1) is 0 Å². The van der Waals surface area contributed by atoms with E-state index in [-0.39, 0.29) is 17.6 Å². The van der Waals surface area contributed by atoms with Crippen molar-refractivity contribution >= 4 is 20.1 Å². The van der Waals surface area contributed by atoms with Crippen molar-refractivity contribution < 1.29 is 23.8 Å². The number of hydrogen-bond donors (Lipinski definition) is 0. The molecule has 0 N–H and O–H groups in total. The van der Waals surface area contributed by atoms with Gasteiger partial charge in [0.15, 0.2) is 6.23 Å². The summed E-state index contributed by atoms with van der Waals surface area (Å²) in [5.41, 5.74) is 0.462. The first-order chi connectivity index (χ1) is 14.4. The number of ether oxygens (including phenoxy) is 3. The minimum atomic E-state index is -1.70. The van der Waals surface area contributed by atoms with Gasteiger partial charge in [-0.3, -0.25) is 9.69 Å². The lowest BCUT2D eigenvalue weighted by Crippen LogP contribution is -2.41. The van der Waals surface area contributed by atoms with Gasteiger partial charge >= 0.3 is 12.1 Å². The van der Waals surface area contributed by atoms with E-state index in [1.807, 2.05) is 70.2 Å². The maximum absolute atomic E-state index is 13.1. The van der Waals surface area contributed by atoms with Crippen LogP contribution in [0.3, 0.4) is 0 Å². The summed E-state index contributed by atoms with van der Waals surface area (Å²) in [5, 5.41) is 0. The van der Waals surface area contributed by atoms with Gasteiger partial charge < -0.3 is 14.2 Å². The minimum Gasteiger partial charge on any atom is -0.466 e. The topological polar surface area (TPSA) is 65.1 Å². The highest BCUT2D eigenvalue weighted by molar-refractivity contribution is 6.78. The van der Waals surface area contributed by atoms with E-state index in [1.54, 1.807) is 4.90 Å². The van der Waals surface area contributed by atoms with E-state index in [2.05, 4.69) is 19.6 Å². The summed E-state index contributed by atoms with van der Waals surface area (Å²) in [6.07, 6.45) is 3.29. The van der Waals surface area contributed by atoms with Crippen molar-refractivity contribution in [2.75, 3.05) is 13.2 Å². The molecule has 0 unspecified atom stereocenters. The molecule has 7 heteroatoms. The van der Waals surface area contributed by atoms with Crippen molar-refractivity contribution in [2.24, 2.45) is 0 Å². The Hall–Kier alpha value is -2.12. The highest BCUT2D eigenvalue weighted by Gasteiger charge is 2.40. The highest BCUT2D eigenvalue weighted by atomic mass is 28.3. The number of carbonyl (C=O) groups is 2. The summed E-state index contributed by atoms with van der Waals surface area (Å²) in [4.78, 5) is 26.9. The molecule has 1 amide bonds. The molecule has 31 heavy (non-hydrogen) atoms. The molecule has 0 saturated carbocycles. The van der Waals surface area contributed by atoms with E-state index >= 15 is 0 Å². The number of allylic oxidation sites excluding steroid dienone is 1. The van der Waals surface area contributed by atoms with Crippen LogP contribution in [-0.2, 0) is 19.0 Å². The molecule has 1 heterocycles. The van der Waals surface area contributed by atoms with Gasteiger partial charge in [-0.25, -0.2) is 4.79 Å². The summed E-state index contributed by atoms with van der Waals surface area (Å²) in [6.45, 7) is 14.8. The number of amides is 1. The SMILES string of the molecule is CCOC(=O)C[C@H](/C=C/[C@H]1OC[C@@H](c2ccccc2)N1C(=O)OC(C)(C)C)[Si](C)(C)C. The van der Waals surface area contributed by atoms with Crippen molar-refractivity contribution in [3.63, 3.8) is 0 Å². The van der Waals surface area contributed by atoms with E-state index in [4.69, 9.17) is 14.2 Å². The fourth-order valence-corrected chi connectivity index (χ4v) is 4.91. The van der Waals surface area contributed by atoms with E-state index < -0.39 is 26.0 Å². The van der Waals surface area contributed by atoms with Crippen LogP contribution in [0.2, 0.25) is 25.2 Å². The Balaban J connectivity index is 2.28. The lowest BCUT2D eigenvalue weighted by molar-refractivity contribution is -0.143. The first kappa shape index (κ1) is 25.1. The molecule has 1 aromatic rings. The zero-order valence-electron chi connectivity index (χ0n) is 19.9. The number of nitrogens with zero attached hydrogens (tertiary/aromatic N) is 1. The van der Waals surface area contributed by atoms with Crippen LogP contribution in [0.25, 0.3) is 0 Å². The molecular weight excluding hydrogens is 410 g/mol. The molecule has 0 aromatic heterocycles. The Morgan fingerprint density at radius 1 is 1.23 bits per heavy atom. The average Bonchev–Trinajstić information content (AvgIpc) is 3.08. The van der Waals surface area contributed by atoms with Gasteiger partial charge in [0.2, 0.25) is 0 Å². The normalized spacial score (nSPS) is 20.7. The van der Waals surface area contributed by atoms with E-state index in [0.29, 0.717) is 19.6 Å². The molecule has 0 aliphatic carbocycles. The van der Waals surface area contributed by atoms with Gasteiger partial charge in [-0.15, -0.1) is 0 Å².